The number of aromatic nitrogens is 2. The Kier molecular flexibility index (Phi) is 4.75. The minimum atomic E-state index is 0.374. The molecule has 1 fully saturated rings. The molecule has 1 N–H and O–H groups in total. The van der Waals surface area contributed by atoms with Crippen molar-refractivity contribution in [3.05, 3.63) is 17.6 Å². The zero-order chi connectivity index (χ0) is 13.8. The van der Waals surface area contributed by atoms with Gasteiger partial charge in [-0.3, -0.25) is 4.90 Å². The molecule has 19 heavy (non-hydrogen) atoms. The van der Waals surface area contributed by atoms with E-state index in [0.29, 0.717) is 5.92 Å². The van der Waals surface area contributed by atoms with Crippen LogP contribution in [0.3, 0.4) is 0 Å². The summed E-state index contributed by atoms with van der Waals surface area (Å²) in [5.41, 5.74) is 1.04. The number of hydrogen-bond donors (Lipinski definition) is 1. The molecule has 106 valence electrons. The molecule has 0 aliphatic heterocycles. The van der Waals surface area contributed by atoms with Crippen molar-refractivity contribution in [2.75, 3.05) is 25.0 Å². The molecule has 0 bridgehead atoms. The fourth-order valence-electron chi connectivity index (χ4n) is 2.31. The SMILES string of the molecule is CCN(CCNc1cc(C)nc(C(C)C)n1)C1CC1. The molecule has 1 aromatic rings. The lowest BCUT2D eigenvalue weighted by molar-refractivity contribution is 0.289. The molecule has 1 aliphatic rings. The molecule has 0 atom stereocenters. The Morgan fingerprint density at radius 3 is 2.68 bits per heavy atom. The molecule has 0 spiro atoms. The van der Waals surface area contributed by atoms with Gasteiger partial charge >= 0.3 is 0 Å². The predicted molar refractivity (Wildman–Crippen MR) is 79.6 cm³/mol. The minimum absolute atomic E-state index is 0.374. The van der Waals surface area contributed by atoms with Crippen molar-refractivity contribution in [1.29, 1.82) is 0 Å². The van der Waals surface area contributed by atoms with Gasteiger partial charge in [-0.25, -0.2) is 9.97 Å². The summed E-state index contributed by atoms with van der Waals surface area (Å²) in [6.07, 6.45) is 2.75. The molecule has 2 rings (SSSR count). The summed E-state index contributed by atoms with van der Waals surface area (Å²) < 4.78 is 0. The summed E-state index contributed by atoms with van der Waals surface area (Å²) in [5, 5.41) is 3.44. The summed E-state index contributed by atoms with van der Waals surface area (Å²) in [6.45, 7) is 11.7. The van der Waals surface area contributed by atoms with Crippen molar-refractivity contribution >= 4 is 5.82 Å². The van der Waals surface area contributed by atoms with E-state index in [1.54, 1.807) is 0 Å². The van der Waals surface area contributed by atoms with Crippen LogP contribution in [0.25, 0.3) is 0 Å². The van der Waals surface area contributed by atoms with E-state index in [-0.39, 0.29) is 0 Å². The second-order valence-corrected chi connectivity index (χ2v) is 5.69. The van der Waals surface area contributed by atoms with E-state index in [1.165, 1.54) is 12.8 Å². The van der Waals surface area contributed by atoms with Crippen LogP contribution >= 0.6 is 0 Å². The van der Waals surface area contributed by atoms with Gasteiger partial charge in [0.2, 0.25) is 0 Å². The van der Waals surface area contributed by atoms with Gasteiger partial charge in [0.05, 0.1) is 0 Å². The molecule has 4 nitrogen and oxygen atoms in total. The molecule has 0 unspecified atom stereocenters. The van der Waals surface area contributed by atoms with E-state index >= 15 is 0 Å². The van der Waals surface area contributed by atoms with Gasteiger partial charge in [0.1, 0.15) is 11.6 Å². The molecule has 1 aromatic heterocycles. The number of anilines is 1. The summed E-state index contributed by atoms with van der Waals surface area (Å²) >= 11 is 0. The first-order valence-corrected chi connectivity index (χ1v) is 7.43. The first kappa shape index (κ1) is 14.3. The lowest BCUT2D eigenvalue weighted by Gasteiger charge is -2.20. The van der Waals surface area contributed by atoms with E-state index < -0.39 is 0 Å². The number of nitrogens with zero attached hydrogens (tertiary/aromatic N) is 3. The van der Waals surface area contributed by atoms with E-state index in [1.807, 2.05) is 13.0 Å². The average molecular weight is 262 g/mol. The summed E-state index contributed by atoms with van der Waals surface area (Å²) in [5.74, 6) is 2.26. The fraction of sp³-hybridized carbons (Fsp3) is 0.733. The first-order valence-electron chi connectivity index (χ1n) is 7.43. The Morgan fingerprint density at radius 1 is 1.37 bits per heavy atom. The Bertz CT molecular complexity index is 413. The van der Waals surface area contributed by atoms with Crippen molar-refractivity contribution in [1.82, 2.24) is 14.9 Å². The molecule has 4 heteroatoms. The molecule has 0 radical (unpaired) electrons. The van der Waals surface area contributed by atoms with Crippen LogP contribution in [0.1, 0.15) is 51.0 Å². The molecule has 0 amide bonds. The molecule has 0 saturated heterocycles. The zero-order valence-electron chi connectivity index (χ0n) is 12.6. The normalized spacial score (nSPS) is 15.3. The highest BCUT2D eigenvalue weighted by molar-refractivity contribution is 5.36. The Labute approximate surface area is 116 Å². The quantitative estimate of drug-likeness (QED) is 0.820. The largest absolute Gasteiger partial charge is 0.369 e. The third-order valence-electron chi connectivity index (χ3n) is 3.56. The van der Waals surface area contributed by atoms with Gasteiger partial charge in [-0.2, -0.15) is 0 Å². The van der Waals surface area contributed by atoms with Crippen molar-refractivity contribution in [3.8, 4) is 0 Å². The number of likely N-dealkylation sites (N-methyl/N-ethyl adjacent to an activating group) is 1. The smallest absolute Gasteiger partial charge is 0.133 e. The Hall–Kier alpha value is -1.16. The highest BCUT2D eigenvalue weighted by Crippen LogP contribution is 2.26. The second kappa shape index (κ2) is 6.33. The predicted octanol–water partition coefficient (Wildman–Crippen LogP) is 2.80. The lowest BCUT2D eigenvalue weighted by atomic mass is 10.2. The van der Waals surface area contributed by atoms with Gasteiger partial charge in [0.15, 0.2) is 0 Å². The van der Waals surface area contributed by atoms with Crippen LogP contribution in [-0.2, 0) is 0 Å². The van der Waals surface area contributed by atoms with Crippen LogP contribution in [0, 0.1) is 6.92 Å². The summed E-state index contributed by atoms with van der Waals surface area (Å²) in [6, 6.07) is 2.87. The van der Waals surface area contributed by atoms with E-state index in [4.69, 9.17) is 0 Å². The molecular formula is C15H26N4. The maximum atomic E-state index is 4.58. The van der Waals surface area contributed by atoms with Gasteiger partial charge < -0.3 is 5.32 Å². The van der Waals surface area contributed by atoms with Crippen LogP contribution in [-0.4, -0.2) is 40.5 Å². The highest BCUT2D eigenvalue weighted by atomic mass is 15.2. The van der Waals surface area contributed by atoms with Crippen molar-refractivity contribution < 1.29 is 0 Å². The van der Waals surface area contributed by atoms with Gasteiger partial charge in [-0.1, -0.05) is 20.8 Å². The first-order chi connectivity index (χ1) is 9.10. The maximum Gasteiger partial charge on any atom is 0.133 e. The van der Waals surface area contributed by atoms with Crippen LogP contribution in [0.15, 0.2) is 6.07 Å². The van der Waals surface area contributed by atoms with Gasteiger partial charge in [-0.05, 0) is 26.3 Å². The third-order valence-corrected chi connectivity index (χ3v) is 3.56. The second-order valence-electron chi connectivity index (χ2n) is 5.69. The van der Waals surface area contributed by atoms with E-state index in [9.17, 15) is 0 Å². The standard InChI is InChI=1S/C15H26N4/c1-5-19(13-6-7-13)9-8-16-14-10-12(4)17-15(18-14)11(2)3/h10-11,13H,5-9H2,1-4H3,(H,16,17,18). The van der Waals surface area contributed by atoms with E-state index in [2.05, 4.69) is 41.0 Å². The monoisotopic (exact) mass is 262 g/mol. The number of aryl methyl sites for hydroxylation is 1. The number of hydrogen-bond acceptors (Lipinski definition) is 4. The van der Waals surface area contributed by atoms with Crippen LogP contribution in [0.4, 0.5) is 5.82 Å². The van der Waals surface area contributed by atoms with Crippen molar-refractivity contribution in [2.45, 2.75) is 52.5 Å². The molecule has 1 heterocycles. The third kappa shape index (κ3) is 4.16. The highest BCUT2D eigenvalue weighted by Gasteiger charge is 2.27. The van der Waals surface area contributed by atoms with Crippen molar-refractivity contribution in [2.24, 2.45) is 0 Å². The van der Waals surface area contributed by atoms with Gasteiger partial charge in [0, 0.05) is 36.8 Å². The number of nitrogens with one attached hydrogen (secondary N) is 1. The number of rotatable bonds is 7. The van der Waals surface area contributed by atoms with Crippen LogP contribution in [0.5, 0.6) is 0 Å². The maximum absolute atomic E-state index is 4.58. The Balaban J connectivity index is 1.88. The minimum Gasteiger partial charge on any atom is -0.369 e. The zero-order valence-corrected chi connectivity index (χ0v) is 12.6. The van der Waals surface area contributed by atoms with E-state index in [0.717, 1.165) is 43.0 Å². The fourth-order valence-corrected chi connectivity index (χ4v) is 2.31. The molecular weight excluding hydrogens is 236 g/mol. The summed E-state index contributed by atoms with van der Waals surface area (Å²) in [4.78, 5) is 11.6. The van der Waals surface area contributed by atoms with Crippen LogP contribution in [0.2, 0.25) is 0 Å². The Morgan fingerprint density at radius 2 is 2.11 bits per heavy atom. The van der Waals surface area contributed by atoms with Crippen LogP contribution < -0.4 is 5.32 Å². The van der Waals surface area contributed by atoms with Gasteiger partial charge in [0.25, 0.3) is 0 Å². The topological polar surface area (TPSA) is 41.0 Å². The molecule has 1 saturated carbocycles. The lowest BCUT2D eigenvalue weighted by Crippen LogP contribution is -2.31. The molecule has 0 aromatic carbocycles. The van der Waals surface area contributed by atoms with Gasteiger partial charge in [-0.15, -0.1) is 0 Å². The average Bonchev–Trinajstić information content (AvgIpc) is 3.18. The molecule has 1 aliphatic carbocycles. The summed E-state index contributed by atoms with van der Waals surface area (Å²) in [7, 11) is 0. The van der Waals surface area contributed by atoms with Crippen molar-refractivity contribution in [3.63, 3.8) is 0 Å².